The average Bonchev–Trinajstić information content (AvgIpc) is 2.70. The zero-order chi connectivity index (χ0) is 11.8. The van der Waals surface area contributed by atoms with E-state index in [0.29, 0.717) is 6.04 Å². The van der Waals surface area contributed by atoms with Gasteiger partial charge in [0.15, 0.2) is 5.17 Å². The number of ether oxygens (including phenoxy) is 1. The number of likely N-dealkylation sites (N-methyl/N-ethyl adjacent to an activating group) is 1. The second kappa shape index (κ2) is 7.92. The third-order valence-corrected chi connectivity index (χ3v) is 3.50. The number of hydrogen-bond donors (Lipinski definition) is 1. The molecule has 0 radical (unpaired) electrons. The van der Waals surface area contributed by atoms with Crippen molar-refractivity contribution in [3.8, 4) is 0 Å². The minimum Gasteiger partial charge on any atom is -0.378 e. The molecule has 0 saturated carbocycles. The lowest BCUT2D eigenvalue weighted by Crippen LogP contribution is -2.26. The first kappa shape index (κ1) is 13.8. The summed E-state index contributed by atoms with van der Waals surface area (Å²) in [6.07, 6.45) is 1.17. The van der Waals surface area contributed by atoms with E-state index in [-0.39, 0.29) is 0 Å². The first-order chi connectivity index (χ1) is 7.72. The highest BCUT2D eigenvalue weighted by Gasteiger charge is 2.17. The number of hydrogen-bond acceptors (Lipinski definition) is 4. The average molecular weight is 245 g/mol. The zero-order valence-corrected chi connectivity index (χ0v) is 11.3. The van der Waals surface area contributed by atoms with Crippen LogP contribution >= 0.6 is 11.8 Å². The molecule has 4 nitrogen and oxygen atoms in total. The van der Waals surface area contributed by atoms with Gasteiger partial charge in [-0.25, -0.2) is 0 Å². The number of nitrogens with zero attached hydrogens (tertiary/aromatic N) is 2. The topological polar surface area (TPSA) is 36.9 Å². The van der Waals surface area contributed by atoms with Gasteiger partial charge in [-0.1, -0.05) is 18.7 Å². The Bertz CT molecular complexity index is 221. The van der Waals surface area contributed by atoms with Crippen LogP contribution < -0.4 is 5.32 Å². The molecule has 1 aliphatic heterocycles. The summed E-state index contributed by atoms with van der Waals surface area (Å²) < 4.78 is 5.47. The van der Waals surface area contributed by atoms with Crippen LogP contribution in [0.1, 0.15) is 13.3 Å². The molecule has 0 bridgehead atoms. The van der Waals surface area contributed by atoms with Crippen molar-refractivity contribution in [2.45, 2.75) is 19.4 Å². The third-order valence-electron chi connectivity index (χ3n) is 2.42. The summed E-state index contributed by atoms with van der Waals surface area (Å²) in [5, 5.41) is 4.49. The molecule has 1 fully saturated rings. The standard InChI is InChI=1S/C11H23N3OS/c1-4-10-9-16-11(13-10)12-5-7-15-8-6-14(2)3/h10H,4-9H2,1-3H3,(H,12,13). The maximum Gasteiger partial charge on any atom is 0.156 e. The molecule has 1 unspecified atom stereocenters. The fourth-order valence-electron chi connectivity index (χ4n) is 1.31. The molecule has 1 saturated heterocycles. The summed E-state index contributed by atoms with van der Waals surface area (Å²) in [7, 11) is 4.10. The Balaban J connectivity index is 2.00. The van der Waals surface area contributed by atoms with E-state index in [4.69, 9.17) is 4.74 Å². The molecule has 0 aromatic carbocycles. The van der Waals surface area contributed by atoms with E-state index in [1.165, 1.54) is 6.42 Å². The van der Waals surface area contributed by atoms with Crippen molar-refractivity contribution in [2.75, 3.05) is 46.2 Å². The first-order valence-electron chi connectivity index (χ1n) is 5.88. The van der Waals surface area contributed by atoms with E-state index in [2.05, 4.69) is 22.1 Å². The maximum absolute atomic E-state index is 5.47. The molecule has 1 rings (SSSR count). The van der Waals surface area contributed by atoms with Crippen molar-refractivity contribution >= 4 is 16.9 Å². The molecule has 1 atom stereocenters. The Morgan fingerprint density at radius 3 is 2.94 bits per heavy atom. The van der Waals surface area contributed by atoms with E-state index in [0.717, 1.165) is 37.2 Å². The lowest BCUT2D eigenvalue weighted by molar-refractivity contribution is 0.124. The van der Waals surface area contributed by atoms with E-state index in [1.54, 1.807) is 0 Å². The van der Waals surface area contributed by atoms with Crippen molar-refractivity contribution in [1.29, 1.82) is 0 Å². The summed E-state index contributed by atoms with van der Waals surface area (Å²) >= 11 is 1.82. The van der Waals surface area contributed by atoms with Gasteiger partial charge in [-0.3, -0.25) is 4.99 Å². The molecule has 16 heavy (non-hydrogen) atoms. The van der Waals surface area contributed by atoms with Crippen LogP contribution in [-0.2, 0) is 4.74 Å². The minimum atomic E-state index is 0.610. The van der Waals surface area contributed by atoms with E-state index in [1.807, 2.05) is 25.9 Å². The first-order valence-corrected chi connectivity index (χ1v) is 6.87. The maximum atomic E-state index is 5.47. The largest absolute Gasteiger partial charge is 0.378 e. The van der Waals surface area contributed by atoms with Crippen molar-refractivity contribution in [2.24, 2.45) is 4.99 Å². The van der Waals surface area contributed by atoms with E-state index in [9.17, 15) is 0 Å². The molecule has 1 heterocycles. The van der Waals surface area contributed by atoms with Crippen LogP contribution in [0.3, 0.4) is 0 Å². The number of nitrogens with one attached hydrogen (secondary N) is 1. The Labute approximate surface area is 103 Å². The van der Waals surface area contributed by atoms with Gasteiger partial charge in [-0.05, 0) is 20.5 Å². The fraction of sp³-hybridized carbons (Fsp3) is 0.909. The Morgan fingerprint density at radius 2 is 2.31 bits per heavy atom. The predicted molar refractivity (Wildman–Crippen MR) is 71.3 cm³/mol. The van der Waals surface area contributed by atoms with Crippen LogP contribution in [-0.4, -0.2) is 62.3 Å². The second-order valence-electron chi connectivity index (χ2n) is 4.16. The lowest BCUT2D eigenvalue weighted by atomic mass is 10.3. The highest BCUT2D eigenvalue weighted by atomic mass is 32.2. The summed E-state index contributed by atoms with van der Waals surface area (Å²) in [6, 6.07) is 0.610. The molecule has 94 valence electrons. The van der Waals surface area contributed by atoms with Crippen LogP contribution in [0, 0.1) is 0 Å². The zero-order valence-electron chi connectivity index (χ0n) is 10.5. The van der Waals surface area contributed by atoms with Crippen LogP contribution in [0.4, 0.5) is 0 Å². The number of rotatable bonds is 7. The molecule has 5 heteroatoms. The van der Waals surface area contributed by atoms with Crippen LogP contribution in [0.15, 0.2) is 4.99 Å². The predicted octanol–water partition coefficient (Wildman–Crippen LogP) is 1.04. The molecule has 0 aliphatic carbocycles. The van der Waals surface area contributed by atoms with Crippen molar-refractivity contribution in [1.82, 2.24) is 10.2 Å². The number of aliphatic imine (C=N–C) groups is 1. The van der Waals surface area contributed by atoms with Gasteiger partial charge in [0.1, 0.15) is 0 Å². The Hall–Kier alpha value is -0.260. The lowest BCUT2D eigenvalue weighted by Gasteiger charge is -2.09. The normalized spacial score (nSPS) is 23.0. The highest BCUT2D eigenvalue weighted by Crippen LogP contribution is 2.15. The second-order valence-corrected chi connectivity index (χ2v) is 5.17. The van der Waals surface area contributed by atoms with Crippen molar-refractivity contribution in [3.63, 3.8) is 0 Å². The van der Waals surface area contributed by atoms with Crippen molar-refractivity contribution in [3.05, 3.63) is 0 Å². The SMILES string of the molecule is CCC1CSC(=NCCOCCN(C)C)N1. The smallest absolute Gasteiger partial charge is 0.156 e. The van der Waals surface area contributed by atoms with Gasteiger partial charge in [-0.2, -0.15) is 0 Å². The molecule has 1 aliphatic rings. The summed E-state index contributed by atoms with van der Waals surface area (Å²) in [5.41, 5.74) is 0. The molecule has 0 aromatic rings. The Morgan fingerprint density at radius 1 is 1.50 bits per heavy atom. The van der Waals surface area contributed by atoms with E-state index >= 15 is 0 Å². The number of thioether (sulfide) groups is 1. The van der Waals surface area contributed by atoms with Crippen LogP contribution in [0.25, 0.3) is 0 Å². The fourth-order valence-corrected chi connectivity index (χ4v) is 2.42. The number of amidine groups is 1. The molecular formula is C11H23N3OS. The van der Waals surface area contributed by atoms with Gasteiger partial charge >= 0.3 is 0 Å². The molecule has 0 aromatic heterocycles. The molecule has 0 amide bonds. The quantitative estimate of drug-likeness (QED) is 0.680. The van der Waals surface area contributed by atoms with Gasteiger partial charge < -0.3 is 15.0 Å². The molecule has 1 N–H and O–H groups in total. The Kier molecular flexibility index (Phi) is 6.84. The van der Waals surface area contributed by atoms with Gasteiger partial charge in [0.2, 0.25) is 0 Å². The molecular weight excluding hydrogens is 222 g/mol. The minimum absolute atomic E-state index is 0.610. The summed E-state index contributed by atoms with van der Waals surface area (Å²) in [4.78, 5) is 6.59. The third kappa shape index (κ3) is 5.72. The van der Waals surface area contributed by atoms with Crippen LogP contribution in [0.5, 0.6) is 0 Å². The van der Waals surface area contributed by atoms with Crippen molar-refractivity contribution < 1.29 is 4.74 Å². The molecule has 0 spiro atoms. The van der Waals surface area contributed by atoms with E-state index < -0.39 is 0 Å². The van der Waals surface area contributed by atoms with Gasteiger partial charge in [-0.15, -0.1) is 0 Å². The monoisotopic (exact) mass is 245 g/mol. The van der Waals surface area contributed by atoms with Gasteiger partial charge in [0.05, 0.1) is 19.8 Å². The summed E-state index contributed by atoms with van der Waals surface area (Å²) in [5.74, 6) is 1.15. The van der Waals surface area contributed by atoms with Gasteiger partial charge in [0.25, 0.3) is 0 Å². The van der Waals surface area contributed by atoms with Gasteiger partial charge in [0, 0.05) is 18.3 Å². The highest BCUT2D eigenvalue weighted by molar-refractivity contribution is 8.14. The summed E-state index contributed by atoms with van der Waals surface area (Å²) in [6.45, 7) is 5.44. The van der Waals surface area contributed by atoms with Crippen LogP contribution in [0.2, 0.25) is 0 Å².